The SMILES string of the molecule is CCCCCCCCCCCCCCCCC(O)(OC=O)C(=O)O. The number of carboxylic acid groups (broad SMARTS) is 1. The number of hydrogen-bond donors (Lipinski definition) is 2. The van der Waals surface area contributed by atoms with Gasteiger partial charge in [-0.25, -0.2) is 4.79 Å². The second-order valence-electron chi connectivity index (χ2n) is 6.65. The lowest BCUT2D eigenvalue weighted by atomic mass is 10.0. The van der Waals surface area contributed by atoms with Crippen molar-refractivity contribution in [3.05, 3.63) is 0 Å². The van der Waals surface area contributed by atoms with Crippen LogP contribution in [0.1, 0.15) is 103 Å². The van der Waals surface area contributed by atoms with E-state index in [-0.39, 0.29) is 12.9 Å². The van der Waals surface area contributed by atoms with E-state index < -0.39 is 11.8 Å². The quantitative estimate of drug-likeness (QED) is 0.212. The third-order valence-electron chi connectivity index (χ3n) is 4.45. The Hall–Kier alpha value is -1.10. The van der Waals surface area contributed by atoms with Crippen molar-refractivity contribution in [2.75, 3.05) is 0 Å². The Morgan fingerprint density at radius 1 is 0.833 bits per heavy atom. The average Bonchev–Trinajstić information content (AvgIpc) is 2.55. The standard InChI is InChI=1S/C19H36O5/c1-2-3-4-5-6-7-8-9-10-11-12-13-14-15-16-19(23,18(21)22)24-17-20/h17,23H,2-16H2,1H3,(H,21,22). The van der Waals surface area contributed by atoms with Gasteiger partial charge in [0.15, 0.2) is 0 Å². The first-order valence-corrected chi connectivity index (χ1v) is 9.64. The molecule has 0 rings (SSSR count). The molecule has 0 saturated carbocycles. The summed E-state index contributed by atoms with van der Waals surface area (Å²) in [5.74, 6) is -3.87. The molecule has 0 saturated heterocycles. The van der Waals surface area contributed by atoms with Gasteiger partial charge >= 0.3 is 11.8 Å². The maximum atomic E-state index is 10.8. The first-order chi connectivity index (χ1) is 11.6. The van der Waals surface area contributed by atoms with Gasteiger partial charge < -0.3 is 14.9 Å². The Labute approximate surface area is 146 Å². The molecule has 0 aromatic rings. The first kappa shape index (κ1) is 22.9. The topological polar surface area (TPSA) is 83.8 Å². The number of aliphatic hydroxyl groups is 1. The van der Waals surface area contributed by atoms with Crippen molar-refractivity contribution in [1.29, 1.82) is 0 Å². The van der Waals surface area contributed by atoms with E-state index >= 15 is 0 Å². The van der Waals surface area contributed by atoms with Crippen molar-refractivity contribution in [2.45, 2.75) is 109 Å². The van der Waals surface area contributed by atoms with Gasteiger partial charge in [-0.1, -0.05) is 90.4 Å². The largest absolute Gasteiger partial charge is 0.476 e. The number of unbranched alkanes of at least 4 members (excludes halogenated alkanes) is 13. The van der Waals surface area contributed by atoms with Crippen molar-refractivity contribution in [1.82, 2.24) is 0 Å². The number of rotatable bonds is 18. The highest BCUT2D eigenvalue weighted by atomic mass is 16.7. The molecule has 2 N–H and O–H groups in total. The maximum Gasteiger partial charge on any atom is 0.377 e. The fourth-order valence-electron chi connectivity index (χ4n) is 2.86. The zero-order valence-corrected chi connectivity index (χ0v) is 15.3. The van der Waals surface area contributed by atoms with Crippen molar-refractivity contribution in [2.24, 2.45) is 0 Å². The van der Waals surface area contributed by atoms with Gasteiger partial charge in [0.2, 0.25) is 0 Å². The highest BCUT2D eigenvalue weighted by Crippen LogP contribution is 2.18. The van der Waals surface area contributed by atoms with Gasteiger partial charge in [0.05, 0.1) is 0 Å². The zero-order valence-electron chi connectivity index (χ0n) is 15.3. The summed E-state index contributed by atoms with van der Waals surface area (Å²) in [7, 11) is 0. The van der Waals surface area contributed by atoms with Gasteiger partial charge in [-0.15, -0.1) is 0 Å². The lowest BCUT2D eigenvalue weighted by molar-refractivity contribution is -0.217. The van der Waals surface area contributed by atoms with E-state index in [0.29, 0.717) is 6.42 Å². The molecule has 1 unspecified atom stereocenters. The summed E-state index contributed by atoms with van der Waals surface area (Å²) in [6.07, 6.45) is 16.8. The first-order valence-electron chi connectivity index (χ1n) is 9.64. The van der Waals surface area contributed by atoms with Crippen LogP contribution < -0.4 is 0 Å². The van der Waals surface area contributed by atoms with Crippen LogP contribution in [-0.2, 0) is 14.3 Å². The predicted octanol–water partition coefficient (Wildman–Crippen LogP) is 4.80. The van der Waals surface area contributed by atoms with Crippen LogP contribution in [0.4, 0.5) is 0 Å². The Kier molecular flexibility index (Phi) is 14.7. The summed E-state index contributed by atoms with van der Waals surface area (Å²) in [6, 6.07) is 0. The number of hydrogen-bond acceptors (Lipinski definition) is 4. The van der Waals surface area contributed by atoms with Crippen molar-refractivity contribution in [3.8, 4) is 0 Å². The normalized spacial score (nSPS) is 13.4. The average molecular weight is 344 g/mol. The molecule has 0 amide bonds. The molecule has 142 valence electrons. The van der Waals surface area contributed by atoms with Gasteiger partial charge in [-0.3, -0.25) is 4.79 Å². The minimum Gasteiger partial charge on any atom is -0.476 e. The number of carbonyl (C=O) groups excluding carboxylic acids is 1. The summed E-state index contributed by atoms with van der Waals surface area (Å²) in [4.78, 5) is 21.1. The van der Waals surface area contributed by atoms with Crippen LogP contribution in [0, 0.1) is 0 Å². The molecule has 5 nitrogen and oxygen atoms in total. The van der Waals surface area contributed by atoms with Crippen molar-refractivity contribution in [3.63, 3.8) is 0 Å². The van der Waals surface area contributed by atoms with Crippen LogP contribution >= 0.6 is 0 Å². The van der Waals surface area contributed by atoms with Crippen molar-refractivity contribution >= 4 is 12.4 Å². The van der Waals surface area contributed by atoms with Crippen LogP contribution in [0.25, 0.3) is 0 Å². The molecule has 0 fully saturated rings. The fourth-order valence-corrected chi connectivity index (χ4v) is 2.86. The van der Waals surface area contributed by atoms with Gasteiger partial charge in [0, 0.05) is 6.42 Å². The zero-order chi connectivity index (χ0) is 18.1. The molecule has 0 aromatic carbocycles. The molecule has 0 bridgehead atoms. The summed E-state index contributed by atoms with van der Waals surface area (Å²) in [5.41, 5.74) is 0. The molecule has 0 aliphatic rings. The van der Waals surface area contributed by atoms with E-state index in [0.717, 1.165) is 19.3 Å². The van der Waals surface area contributed by atoms with Crippen molar-refractivity contribution < 1.29 is 24.5 Å². The number of ether oxygens (including phenoxy) is 1. The molecule has 0 aliphatic heterocycles. The minimum absolute atomic E-state index is 0.0159. The second kappa shape index (κ2) is 15.4. The summed E-state index contributed by atoms with van der Waals surface area (Å²) in [5, 5.41) is 18.5. The number of carbonyl (C=O) groups is 2. The van der Waals surface area contributed by atoms with Crippen LogP contribution in [0.3, 0.4) is 0 Å². The number of carboxylic acids is 1. The smallest absolute Gasteiger partial charge is 0.377 e. The Bertz CT molecular complexity index is 319. The highest BCUT2D eigenvalue weighted by molar-refractivity contribution is 5.76. The van der Waals surface area contributed by atoms with Gasteiger partial charge in [-0.05, 0) is 6.42 Å². The van der Waals surface area contributed by atoms with Crippen LogP contribution in [0.2, 0.25) is 0 Å². The molecular weight excluding hydrogens is 308 g/mol. The van der Waals surface area contributed by atoms with Gasteiger partial charge in [0.1, 0.15) is 0 Å². The summed E-state index contributed by atoms with van der Waals surface area (Å²) >= 11 is 0. The van der Waals surface area contributed by atoms with Crippen LogP contribution in [0.5, 0.6) is 0 Å². The molecule has 0 radical (unpaired) electrons. The van der Waals surface area contributed by atoms with E-state index in [4.69, 9.17) is 5.11 Å². The van der Waals surface area contributed by atoms with Gasteiger partial charge in [-0.2, -0.15) is 0 Å². The maximum absolute atomic E-state index is 10.8. The Morgan fingerprint density at radius 2 is 1.21 bits per heavy atom. The predicted molar refractivity (Wildman–Crippen MR) is 94.7 cm³/mol. The molecule has 24 heavy (non-hydrogen) atoms. The van der Waals surface area contributed by atoms with E-state index in [1.54, 1.807) is 0 Å². The number of aliphatic carboxylic acids is 1. The monoisotopic (exact) mass is 344 g/mol. The molecule has 0 spiro atoms. The third-order valence-corrected chi connectivity index (χ3v) is 4.45. The fraction of sp³-hybridized carbons (Fsp3) is 0.895. The second-order valence-corrected chi connectivity index (χ2v) is 6.65. The Balaban J connectivity index is 3.36. The third kappa shape index (κ3) is 12.3. The lowest BCUT2D eigenvalue weighted by Gasteiger charge is -2.20. The molecule has 1 atom stereocenters. The molecule has 0 aliphatic carbocycles. The Morgan fingerprint density at radius 3 is 1.54 bits per heavy atom. The molecular formula is C19H36O5. The lowest BCUT2D eigenvalue weighted by Crippen LogP contribution is -2.41. The minimum atomic E-state index is -2.36. The van der Waals surface area contributed by atoms with E-state index in [2.05, 4.69) is 11.7 Å². The van der Waals surface area contributed by atoms with Crippen LogP contribution in [-0.4, -0.2) is 28.4 Å². The van der Waals surface area contributed by atoms with E-state index in [9.17, 15) is 14.7 Å². The summed E-state index contributed by atoms with van der Waals surface area (Å²) in [6.45, 7) is 2.23. The van der Waals surface area contributed by atoms with Gasteiger partial charge in [0.25, 0.3) is 6.47 Å². The van der Waals surface area contributed by atoms with E-state index in [1.807, 2.05) is 0 Å². The molecule has 0 heterocycles. The summed E-state index contributed by atoms with van der Waals surface area (Å²) < 4.78 is 4.28. The molecule has 0 aromatic heterocycles. The highest BCUT2D eigenvalue weighted by Gasteiger charge is 2.37. The molecule has 5 heteroatoms. The van der Waals surface area contributed by atoms with Crippen LogP contribution in [0.15, 0.2) is 0 Å². The van der Waals surface area contributed by atoms with E-state index in [1.165, 1.54) is 64.2 Å².